The van der Waals surface area contributed by atoms with Crippen LogP contribution in [-0.4, -0.2) is 17.9 Å². The van der Waals surface area contributed by atoms with Crippen molar-refractivity contribution in [3.05, 3.63) is 49.3 Å². The Morgan fingerprint density at radius 1 is 1.43 bits per heavy atom. The number of halogens is 2. The molecule has 0 spiro atoms. The van der Waals surface area contributed by atoms with Gasteiger partial charge in [-0.2, -0.15) is 0 Å². The predicted octanol–water partition coefficient (Wildman–Crippen LogP) is 4.47. The molecule has 110 valence electrons. The number of nitrogens with one attached hydrogen (secondary N) is 1. The molecule has 5 nitrogen and oxygen atoms in total. The number of hydrogen-bond donors (Lipinski definition) is 1. The van der Waals surface area contributed by atoms with Gasteiger partial charge in [0.2, 0.25) is 0 Å². The topological polar surface area (TPSA) is 72.2 Å². The van der Waals surface area contributed by atoms with Crippen LogP contribution in [0.15, 0.2) is 33.4 Å². The molecule has 9 heteroatoms. The van der Waals surface area contributed by atoms with Crippen molar-refractivity contribution in [1.29, 1.82) is 0 Å². The minimum absolute atomic E-state index is 0.125. The van der Waals surface area contributed by atoms with Gasteiger partial charge in [-0.1, -0.05) is 41.0 Å². The van der Waals surface area contributed by atoms with Crippen LogP contribution in [0.2, 0.25) is 10.0 Å². The fourth-order valence-electron chi connectivity index (χ4n) is 1.46. The van der Waals surface area contributed by atoms with Crippen molar-refractivity contribution in [3.63, 3.8) is 0 Å². The number of thiophene rings is 1. The highest BCUT2D eigenvalue weighted by Crippen LogP contribution is 2.44. The predicted molar refractivity (Wildman–Crippen MR) is 84.9 cm³/mol. The smallest absolute Gasteiger partial charge is 0.294 e. The Kier molecular flexibility index (Phi) is 5.10. The van der Waals surface area contributed by atoms with Gasteiger partial charge in [-0.05, 0) is 12.1 Å². The minimum atomic E-state index is -0.524. The summed E-state index contributed by atoms with van der Waals surface area (Å²) in [5.41, 5.74) is -0.125. The number of amides is 1. The molecule has 0 aliphatic rings. The van der Waals surface area contributed by atoms with Gasteiger partial charge in [0.15, 0.2) is 0 Å². The van der Waals surface area contributed by atoms with Crippen LogP contribution in [-0.2, 0) is 0 Å². The van der Waals surface area contributed by atoms with Gasteiger partial charge in [0.25, 0.3) is 11.6 Å². The molecule has 0 fully saturated rings. The van der Waals surface area contributed by atoms with Crippen molar-refractivity contribution >= 4 is 57.9 Å². The molecule has 1 aromatic carbocycles. The largest absolute Gasteiger partial charge is 0.354 e. The lowest BCUT2D eigenvalue weighted by molar-refractivity contribution is -0.387. The summed E-state index contributed by atoms with van der Waals surface area (Å²) in [6.07, 6.45) is 0. The molecule has 1 heterocycles. The molecule has 0 aliphatic heterocycles. The zero-order valence-corrected chi connectivity index (χ0v) is 13.7. The van der Waals surface area contributed by atoms with Gasteiger partial charge in [0.1, 0.15) is 9.09 Å². The summed E-state index contributed by atoms with van der Waals surface area (Å²) in [4.78, 5) is 23.0. The monoisotopic (exact) mass is 362 g/mol. The molecule has 0 radical (unpaired) electrons. The van der Waals surface area contributed by atoms with Crippen LogP contribution >= 0.6 is 46.3 Å². The van der Waals surface area contributed by atoms with Gasteiger partial charge in [0, 0.05) is 18.0 Å². The Labute approximate surface area is 138 Å². The third kappa shape index (κ3) is 3.49. The van der Waals surface area contributed by atoms with Crippen LogP contribution in [0.1, 0.15) is 9.67 Å². The lowest BCUT2D eigenvalue weighted by atomic mass is 10.4. The second-order valence-corrected chi connectivity index (χ2v) is 6.92. The maximum Gasteiger partial charge on any atom is 0.294 e. The molecule has 0 aliphatic carbocycles. The van der Waals surface area contributed by atoms with Gasteiger partial charge < -0.3 is 5.32 Å². The minimum Gasteiger partial charge on any atom is -0.354 e. The zero-order chi connectivity index (χ0) is 15.6. The molecule has 21 heavy (non-hydrogen) atoms. The Hall–Kier alpha value is -1.28. The fourth-order valence-corrected chi connectivity index (χ4v) is 4.23. The van der Waals surface area contributed by atoms with Crippen LogP contribution in [0, 0.1) is 10.1 Å². The lowest BCUT2D eigenvalue weighted by Crippen LogP contribution is -2.16. The lowest BCUT2D eigenvalue weighted by Gasteiger charge is -2.03. The van der Waals surface area contributed by atoms with E-state index in [-0.39, 0.29) is 16.5 Å². The maximum absolute atomic E-state index is 11.6. The first-order valence-electron chi connectivity index (χ1n) is 5.56. The van der Waals surface area contributed by atoms with Crippen LogP contribution < -0.4 is 5.32 Å². The molecule has 2 aromatic rings. The van der Waals surface area contributed by atoms with Gasteiger partial charge in [-0.15, -0.1) is 11.3 Å². The number of carbonyl (C=O) groups is 1. The summed E-state index contributed by atoms with van der Waals surface area (Å²) in [5, 5.41) is 14.2. The van der Waals surface area contributed by atoms with Gasteiger partial charge in [0.05, 0.1) is 15.0 Å². The molecule has 1 aromatic heterocycles. The van der Waals surface area contributed by atoms with E-state index in [1.807, 2.05) is 0 Å². The molecule has 1 amide bonds. The third-order valence-electron chi connectivity index (χ3n) is 2.45. The Morgan fingerprint density at radius 3 is 2.76 bits per heavy atom. The van der Waals surface area contributed by atoms with Gasteiger partial charge in [-0.25, -0.2) is 0 Å². The molecule has 1 N–H and O–H groups in total. The highest BCUT2D eigenvalue weighted by atomic mass is 35.5. The first-order valence-corrected chi connectivity index (χ1v) is 7.95. The second kappa shape index (κ2) is 6.65. The normalized spacial score (nSPS) is 10.4. The number of hydrogen-bond acceptors (Lipinski definition) is 5. The number of nitro groups is 1. The van der Waals surface area contributed by atoms with Crippen LogP contribution in [0.4, 0.5) is 5.69 Å². The second-order valence-electron chi connectivity index (χ2n) is 3.77. The zero-order valence-electron chi connectivity index (χ0n) is 10.6. The van der Waals surface area contributed by atoms with Crippen molar-refractivity contribution in [2.24, 2.45) is 0 Å². The summed E-state index contributed by atoms with van der Waals surface area (Å²) < 4.78 is 0.378. The van der Waals surface area contributed by atoms with E-state index in [2.05, 4.69) is 5.32 Å². The third-order valence-corrected chi connectivity index (χ3v) is 5.75. The van der Waals surface area contributed by atoms with E-state index in [0.717, 1.165) is 23.1 Å². The van der Waals surface area contributed by atoms with E-state index in [1.165, 1.54) is 13.1 Å². The van der Waals surface area contributed by atoms with Crippen molar-refractivity contribution < 1.29 is 9.72 Å². The fraction of sp³-hybridized carbons (Fsp3) is 0.0833. The standard InChI is InChI=1S/C12H8Cl2N2O3S2/c1-15-11(17)9-5-7(16(18)19)12(21-9)20-8-4-2-3-6(13)10(8)14/h2-5H,1H3,(H,15,17). The molecule has 0 bridgehead atoms. The van der Waals surface area contributed by atoms with E-state index in [0.29, 0.717) is 19.1 Å². The molecule has 0 saturated heterocycles. The van der Waals surface area contributed by atoms with Crippen molar-refractivity contribution in [2.45, 2.75) is 9.10 Å². The molecule has 2 rings (SSSR count). The van der Waals surface area contributed by atoms with Crippen LogP contribution in [0.3, 0.4) is 0 Å². The van der Waals surface area contributed by atoms with E-state index >= 15 is 0 Å². The van der Waals surface area contributed by atoms with Crippen molar-refractivity contribution in [3.8, 4) is 0 Å². The van der Waals surface area contributed by atoms with Crippen molar-refractivity contribution in [1.82, 2.24) is 5.32 Å². The number of nitrogens with zero attached hydrogens (tertiary/aromatic N) is 1. The van der Waals surface area contributed by atoms with E-state index in [1.54, 1.807) is 18.2 Å². The summed E-state index contributed by atoms with van der Waals surface area (Å²) in [6, 6.07) is 6.30. The maximum atomic E-state index is 11.6. The molecular formula is C12H8Cl2N2O3S2. The van der Waals surface area contributed by atoms with Crippen molar-refractivity contribution in [2.75, 3.05) is 7.05 Å². The summed E-state index contributed by atoms with van der Waals surface area (Å²) >= 11 is 14.1. The Balaban J connectivity index is 2.43. The number of rotatable bonds is 4. The van der Waals surface area contributed by atoms with Crippen LogP contribution in [0.25, 0.3) is 0 Å². The Morgan fingerprint density at radius 2 is 2.14 bits per heavy atom. The highest BCUT2D eigenvalue weighted by molar-refractivity contribution is 8.01. The number of benzene rings is 1. The molecule has 0 unspecified atom stereocenters. The van der Waals surface area contributed by atoms with E-state index < -0.39 is 4.92 Å². The van der Waals surface area contributed by atoms with E-state index in [9.17, 15) is 14.9 Å². The molecule has 0 atom stereocenters. The van der Waals surface area contributed by atoms with Crippen LogP contribution in [0.5, 0.6) is 0 Å². The summed E-state index contributed by atoms with van der Waals surface area (Å²) in [6.45, 7) is 0. The molecular weight excluding hydrogens is 355 g/mol. The first kappa shape index (κ1) is 16.1. The highest BCUT2D eigenvalue weighted by Gasteiger charge is 2.23. The van der Waals surface area contributed by atoms with Gasteiger partial charge >= 0.3 is 0 Å². The first-order chi connectivity index (χ1) is 9.93. The summed E-state index contributed by atoms with van der Waals surface area (Å²) in [7, 11) is 1.47. The average Bonchev–Trinajstić information content (AvgIpc) is 2.87. The van der Waals surface area contributed by atoms with E-state index in [4.69, 9.17) is 23.2 Å². The Bertz CT molecular complexity index is 719. The quantitative estimate of drug-likeness (QED) is 0.642. The SMILES string of the molecule is CNC(=O)c1cc([N+](=O)[O-])c(Sc2cccc(Cl)c2Cl)s1. The summed E-state index contributed by atoms with van der Waals surface area (Å²) in [5.74, 6) is -0.368. The van der Waals surface area contributed by atoms with Gasteiger partial charge in [-0.3, -0.25) is 14.9 Å². The molecule has 0 saturated carbocycles. The average molecular weight is 363 g/mol. The number of carbonyl (C=O) groups excluding carboxylic acids is 1.